The van der Waals surface area contributed by atoms with E-state index < -0.39 is 23.4 Å². The van der Waals surface area contributed by atoms with E-state index in [-0.39, 0.29) is 64.0 Å². The van der Waals surface area contributed by atoms with Crippen LogP contribution in [0, 0.1) is 0 Å². The minimum absolute atomic E-state index is 0.0405. The van der Waals surface area contributed by atoms with Crippen molar-refractivity contribution in [2.45, 2.75) is 38.8 Å². The van der Waals surface area contributed by atoms with Crippen LogP contribution in [-0.4, -0.2) is 92.3 Å². The molecule has 326 valence electrons. The number of aryl methyl sites for hydroxylation is 2. The van der Waals surface area contributed by atoms with E-state index in [1.807, 2.05) is 26.0 Å². The number of carbonyl (C=O) groups excluding carboxylic acids is 4. The highest BCUT2D eigenvalue weighted by atomic mass is 16.5. The highest BCUT2D eigenvalue weighted by molar-refractivity contribution is 6.24. The molecule has 0 saturated carbocycles. The van der Waals surface area contributed by atoms with E-state index in [9.17, 15) is 39.0 Å². The number of hydrogen-bond acceptors (Lipinski definition) is 13. The second-order valence-corrected chi connectivity index (χ2v) is 14.7. The lowest BCUT2D eigenvalue weighted by Crippen LogP contribution is -2.42. The molecule has 2 unspecified atom stereocenters. The quantitative estimate of drug-likeness (QED) is 0.0796. The highest BCUT2D eigenvalue weighted by Crippen LogP contribution is 2.36. The standard InChI is InChI=1S/C23H22N4O5.C13H16N2O3.C10H9NO2/c1-4-13(12-32-3)27-21(29)15-9-7-10-16(18(15)22(27)30)24-25-19-20(28)14-8-5-6-11-17(14)26(2)23(19)31;1-3-8(7-18-2)15-12(16)9-5-4-6-10(14)11(9)13(15)17;1-11-8-5-3-2-4-7(8)9(12)6-10(11)13/h5-11,13,28H,4,12H2,1-3H3;4-6,8H,3,7,14H2,1-2H3;2-6,12H,1H3. The van der Waals surface area contributed by atoms with Gasteiger partial charge < -0.3 is 34.6 Å². The SMILES string of the molecule is CCC(COC)N1C(=O)c2cccc(N)c2C1=O.CCC(COC)N1C(=O)c2cccc(N=Nc3c(O)c4ccccc4n(C)c3=O)c2C1=O.Cn1c(=O)cc(O)c2ccccc21. The number of nitrogen functional groups attached to an aromatic ring is 1. The predicted octanol–water partition coefficient (Wildman–Crippen LogP) is 6.21. The number of rotatable bonds is 10. The molecule has 2 aliphatic heterocycles. The number of aromatic hydroxyl groups is 2. The Morgan fingerprint density at radius 3 is 1.68 bits per heavy atom. The third kappa shape index (κ3) is 8.43. The molecule has 2 aliphatic rings. The topological polar surface area (TPSA) is 228 Å². The minimum atomic E-state index is -0.535. The van der Waals surface area contributed by atoms with Gasteiger partial charge >= 0.3 is 0 Å². The van der Waals surface area contributed by atoms with Crippen LogP contribution in [0.15, 0.2) is 111 Å². The number of ether oxygens (including phenoxy) is 2. The minimum Gasteiger partial charge on any atom is -0.507 e. The lowest BCUT2D eigenvalue weighted by atomic mass is 10.1. The summed E-state index contributed by atoms with van der Waals surface area (Å²) in [7, 11) is 6.32. The molecule has 8 rings (SSSR count). The van der Waals surface area contributed by atoms with Crippen molar-refractivity contribution in [2.75, 3.05) is 33.2 Å². The summed E-state index contributed by atoms with van der Waals surface area (Å²) in [6.07, 6.45) is 1.19. The first kappa shape index (κ1) is 45.0. The molecule has 4 aromatic carbocycles. The van der Waals surface area contributed by atoms with Crippen molar-refractivity contribution < 1.29 is 38.9 Å². The number of hydrogen-bond donors (Lipinski definition) is 3. The van der Waals surface area contributed by atoms with Crippen molar-refractivity contribution in [3.8, 4) is 11.5 Å². The zero-order valence-corrected chi connectivity index (χ0v) is 35.6. The molecule has 0 aliphatic carbocycles. The molecule has 0 bridgehead atoms. The maximum atomic E-state index is 13.1. The Labute approximate surface area is 361 Å². The van der Waals surface area contributed by atoms with Crippen LogP contribution in [0.25, 0.3) is 21.8 Å². The largest absolute Gasteiger partial charge is 0.507 e. The summed E-state index contributed by atoms with van der Waals surface area (Å²) >= 11 is 0. The summed E-state index contributed by atoms with van der Waals surface area (Å²) < 4.78 is 13.1. The number of fused-ring (bicyclic) bond motifs is 4. The maximum Gasteiger partial charge on any atom is 0.282 e. The summed E-state index contributed by atoms with van der Waals surface area (Å²) in [6, 6.07) is 24.3. The Balaban J connectivity index is 0.000000178. The number of benzene rings is 4. The predicted molar refractivity (Wildman–Crippen MR) is 236 cm³/mol. The number of para-hydroxylation sites is 2. The molecule has 0 saturated heterocycles. The molecule has 2 aromatic heterocycles. The number of azo groups is 1. The fourth-order valence-corrected chi connectivity index (χ4v) is 7.55. The monoisotopic (exact) mass is 857 g/mol. The molecule has 63 heavy (non-hydrogen) atoms. The number of aromatic nitrogens is 2. The van der Waals surface area contributed by atoms with Crippen molar-refractivity contribution in [3.63, 3.8) is 0 Å². The maximum absolute atomic E-state index is 13.1. The molecule has 17 nitrogen and oxygen atoms in total. The van der Waals surface area contributed by atoms with E-state index in [0.717, 1.165) is 5.52 Å². The first-order chi connectivity index (χ1) is 30.2. The fourth-order valence-electron chi connectivity index (χ4n) is 7.55. The average Bonchev–Trinajstić information content (AvgIpc) is 3.70. The van der Waals surface area contributed by atoms with Gasteiger partial charge in [0.2, 0.25) is 0 Å². The molecule has 0 spiro atoms. The molecule has 2 atom stereocenters. The number of anilines is 1. The van der Waals surface area contributed by atoms with Crippen LogP contribution in [-0.2, 0) is 23.6 Å². The van der Waals surface area contributed by atoms with Crippen LogP contribution in [0.3, 0.4) is 0 Å². The Bertz CT molecular complexity index is 2920. The van der Waals surface area contributed by atoms with E-state index in [2.05, 4.69) is 10.2 Å². The number of carbonyl (C=O) groups is 4. The average molecular weight is 858 g/mol. The van der Waals surface area contributed by atoms with E-state index >= 15 is 0 Å². The van der Waals surface area contributed by atoms with Gasteiger partial charge in [-0.25, -0.2) is 0 Å². The molecule has 4 amide bonds. The molecule has 4 N–H and O–H groups in total. The number of methoxy groups -OCH3 is 2. The van der Waals surface area contributed by atoms with Gasteiger partial charge in [-0.3, -0.25) is 38.6 Å². The first-order valence-electron chi connectivity index (χ1n) is 20.0. The lowest BCUT2D eigenvalue weighted by molar-refractivity contribution is 0.0454. The summed E-state index contributed by atoms with van der Waals surface area (Å²) in [6.45, 7) is 4.34. The molecule has 17 heteroatoms. The zero-order chi connectivity index (χ0) is 45.7. The number of nitrogens with zero attached hydrogens (tertiary/aromatic N) is 6. The normalized spacial score (nSPS) is 14.1. The molecular formula is C46H47N7O10. The summed E-state index contributed by atoms with van der Waals surface area (Å²) in [5.74, 6) is -1.77. The van der Waals surface area contributed by atoms with E-state index in [4.69, 9.17) is 15.2 Å². The van der Waals surface area contributed by atoms with Gasteiger partial charge in [-0.05, 0) is 61.4 Å². The highest BCUT2D eigenvalue weighted by Gasteiger charge is 2.42. The molecule has 0 fully saturated rings. The van der Waals surface area contributed by atoms with Crippen molar-refractivity contribution in [3.05, 3.63) is 134 Å². The smallest absolute Gasteiger partial charge is 0.282 e. The summed E-state index contributed by atoms with van der Waals surface area (Å²) in [4.78, 5) is 76.9. The van der Waals surface area contributed by atoms with E-state index in [1.54, 1.807) is 87.9 Å². The third-order valence-electron chi connectivity index (χ3n) is 10.9. The van der Waals surface area contributed by atoms with Gasteiger partial charge in [0.15, 0.2) is 11.4 Å². The van der Waals surface area contributed by atoms with Gasteiger partial charge in [0.1, 0.15) is 5.75 Å². The number of imide groups is 2. The van der Waals surface area contributed by atoms with Crippen molar-refractivity contribution in [1.82, 2.24) is 18.9 Å². The first-order valence-corrected chi connectivity index (χ1v) is 20.0. The van der Waals surface area contributed by atoms with Crippen LogP contribution in [0.4, 0.5) is 17.1 Å². The van der Waals surface area contributed by atoms with Crippen LogP contribution >= 0.6 is 0 Å². The molecular weight excluding hydrogens is 811 g/mol. The third-order valence-corrected chi connectivity index (χ3v) is 10.9. The van der Waals surface area contributed by atoms with E-state index in [0.29, 0.717) is 52.6 Å². The van der Waals surface area contributed by atoms with Crippen molar-refractivity contribution >= 4 is 62.5 Å². The molecule has 6 aromatic rings. The fraction of sp³-hybridized carbons (Fsp3) is 0.261. The Morgan fingerprint density at radius 2 is 1.13 bits per heavy atom. The van der Waals surface area contributed by atoms with Gasteiger partial charge in [-0.15, -0.1) is 10.2 Å². The Morgan fingerprint density at radius 1 is 0.619 bits per heavy atom. The summed E-state index contributed by atoms with van der Waals surface area (Å²) in [5.41, 5.74) is 7.62. The zero-order valence-electron chi connectivity index (χ0n) is 35.6. The Kier molecular flexibility index (Phi) is 13.6. The van der Waals surface area contributed by atoms with Crippen molar-refractivity contribution in [2.24, 2.45) is 24.3 Å². The van der Waals surface area contributed by atoms with Crippen LogP contribution in [0.2, 0.25) is 0 Å². The van der Waals surface area contributed by atoms with Crippen LogP contribution < -0.4 is 16.9 Å². The molecule has 4 heterocycles. The van der Waals surface area contributed by atoms with Gasteiger partial charge in [0.05, 0.1) is 64.3 Å². The Hall–Kier alpha value is -7.50. The van der Waals surface area contributed by atoms with Crippen LogP contribution in [0.5, 0.6) is 11.5 Å². The van der Waals surface area contributed by atoms with E-state index in [1.165, 1.54) is 38.2 Å². The number of pyridine rings is 2. The number of amides is 4. The second-order valence-electron chi connectivity index (χ2n) is 14.7. The van der Waals surface area contributed by atoms with Gasteiger partial charge in [-0.1, -0.05) is 50.2 Å². The van der Waals surface area contributed by atoms with Gasteiger partial charge in [0.25, 0.3) is 34.7 Å². The number of nitrogens with two attached hydrogens (primary N) is 1. The second kappa shape index (κ2) is 19.0. The van der Waals surface area contributed by atoms with Crippen molar-refractivity contribution in [1.29, 1.82) is 0 Å². The molecule has 0 radical (unpaired) electrons. The van der Waals surface area contributed by atoms with Gasteiger partial charge in [-0.2, -0.15) is 0 Å². The summed E-state index contributed by atoms with van der Waals surface area (Å²) in [5, 5.41) is 29.3. The lowest BCUT2D eigenvalue weighted by Gasteiger charge is -2.24. The van der Waals surface area contributed by atoms with Gasteiger partial charge in [0, 0.05) is 50.8 Å². The van der Waals surface area contributed by atoms with Crippen LogP contribution in [0.1, 0.15) is 68.1 Å².